The molecular weight excluding hydrogens is 270 g/mol. The summed E-state index contributed by atoms with van der Waals surface area (Å²) in [5.74, 6) is -0.315. The predicted octanol–water partition coefficient (Wildman–Crippen LogP) is 1.93. The van der Waals surface area contributed by atoms with Crippen molar-refractivity contribution in [3.8, 4) is 0 Å². The van der Waals surface area contributed by atoms with Gasteiger partial charge in [-0.1, -0.05) is 17.7 Å². The minimum atomic E-state index is -0.597. The summed E-state index contributed by atoms with van der Waals surface area (Å²) in [5, 5.41) is 13.6. The van der Waals surface area contributed by atoms with Gasteiger partial charge in [0.1, 0.15) is 5.02 Å². The molecule has 0 saturated carbocycles. The number of nitrogens with one attached hydrogen (secondary N) is 1. The predicted molar refractivity (Wildman–Crippen MR) is 73.6 cm³/mol. The first-order valence-corrected chi connectivity index (χ1v) is 6.19. The summed E-state index contributed by atoms with van der Waals surface area (Å²) in [6.07, 6.45) is 0.797. The zero-order valence-corrected chi connectivity index (χ0v) is 11.6. The third kappa shape index (κ3) is 3.90. The van der Waals surface area contributed by atoms with Crippen molar-refractivity contribution in [2.24, 2.45) is 0 Å². The van der Waals surface area contributed by atoms with Crippen molar-refractivity contribution >= 4 is 23.2 Å². The summed E-state index contributed by atoms with van der Waals surface area (Å²) < 4.78 is 0. The van der Waals surface area contributed by atoms with Crippen LogP contribution in [0, 0.1) is 10.1 Å². The van der Waals surface area contributed by atoms with E-state index < -0.39 is 4.92 Å². The van der Waals surface area contributed by atoms with E-state index in [0.717, 1.165) is 13.0 Å². The maximum atomic E-state index is 12.1. The SMILES string of the molecule is CNCCCN(C)C(=O)c1cccc([N+](=O)[O-])c1Cl. The molecule has 104 valence electrons. The second-order valence-corrected chi connectivity index (χ2v) is 4.46. The van der Waals surface area contributed by atoms with Gasteiger partial charge in [-0.05, 0) is 26.1 Å². The van der Waals surface area contributed by atoms with Crippen molar-refractivity contribution in [1.29, 1.82) is 0 Å². The maximum absolute atomic E-state index is 12.1. The molecule has 6 nitrogen and oxygen atoms in total. The number of hydrogen-bond acceptors (Lipinski definition) is 4. The molecule has 0 heterocycles. The van der Waals surface area contributed by atoms with Gasteiger partial charge in [0.2, 0.25) is 0 Å². The summed E-state index contributed by atoms with van der Waals surface area (Å²) >= 11 is 5.90. The van der Waals surface area contributed by atoms with Crippen LogP contribution in [0.15, 0.2) is 18.2 Å². The Hall–Kier alpha value is -1.66. The van der Waals surface area contributed by atoms with Crippen molar-refractivity contribution in [2.45, 2.75) is 6.42 Å². The molecule has 0 bridgehead atoms. The average molecular weight is 286 g/mol. The van der Waals surface area contributed by atoms with Crippen LogP contribution >= 0.6 is 11.6 Å². The fourth-order valence-corrected chi connectivity index (χ4v) is 1.90. The lowest BCUT2D eigenvalue weighted by Gasteiger charge is -2.17. The summed E-state index contributed by atoms with van der Waals surface area (Å²) in [5.41, 5.74) is -0.0982. The normalized spacial score (nSPS) is 10.3. The van der Waals surface area contributed by atoms with Crippen molar-refractivity contribution in [3.63, 3.8) is 0 Å². The van der Waals surface area contributed by atoms with E-state index in [0.29, 0.717) is 6.54 Å². The average Bonchev–Trinajstić information content (AvgIpc) is 2.38. The summed E-state index contributed by atoms with van der Waals surface area (Å²) in [7, 11) is 3.48. The molecule has 7 heteroatoms. The Labute approximate surface area is 116 Å². The molecule has 0 unspecified atom stereocenters. The number of benzene rings is 1. The van der Waals surface area contributed by atoms with E-state index in [9.17, 15) is 14.9 Å². The summed E-state index contributed by atoms with van der Waals surface area (Å²) in [6.45, 7) is 1.35. The van der Waals surface area contributed by atoms with Gasteiger partial charge in [-0.3, -0.25) is 14.9 Å². The highest BCUT2D eigenvalue weighted by Crippen LogP contribution is 2.28. The molecule has 1 aromatic carbocycles. The molecule has 1 N–H and O–H groups in total. The van der Waals surface area contributed by atoms with Crippen LogP contribution in [0.25, 0.3) is 0 Å². The molecule has 0 aliphatic rings. The molecule has 0 atom stereocenters. The highest BCUT2D eigenvalue weighted by atomic mass is 35.5. The van der Waals surface area contributed by atoms with Crippen LogP contribution in [0.3, 0.4) is 0 Å². The monoisotopic (exact) mass is 285 g/mol. The number of halogens is 1. The number of rotatable bonds is 6. The van der Waals surface area contributed by atoms with Crippen LogP contribution in [-0.2, 0) is 0 Å². The van der Waals surface area contributed by atoms with Crippen molar-refractivity contribution < 1.29 is 9.72 Å². The molecule has 0 spiro atoms. The molecule has 19 heavy (non-hydrogen) atoms. The molecule has 0 fully saturated rings. The topological polar surface area (TPSA) is 75.5 Å². The molecule has 0 aliphatic heterocycles. The van der Waals surface area contributed by atoms with Crippen molar-refractivity contribution in [3.05, 3.63) is 38.9 Å². The summed E-state index contributed by atoms with van der Waals surface area (Å²) in [4.78, 5) is 23.8. The van der Waals surface area contributed by atoms with Crippen LogP contribution in [0.1, 0.15) is 16.8 Å². The third-order valence-electron chi connectivity index (χ3n) is 2.67. The number of nitro groups is 1. The van der Waals surface area contributed by atoms with Gasteiger partial charge in [0.05, 0.1) is 10.5 Å². The molecule has 0 aromatic heterocycles. The highest BCUT2D eigenvalue weighted by molar-refractivity contribution is 6.35. The second kappa shape index (κ2) is 7.06. The number of nitrogens with zero attached hydrogens (tertiary/aromatic N) is 2. The van der Waals surface area contributed by atoms with E-state index in [2.05, 4.69) is 5.32 Å². The van der Waals surface area contributed by atoms with Crippen LogP contribution < -0.4 is 5.32 Å². The van der Waals surface area contributed by atoms with Crippen LogP contribution in [0.5, 0.6) is 0 Å². The minimum Gasteiger partial charge on any atom is -0.342 e. The molecule has 0 radical (unpaired) electrons. The molecule has 0 saturated heterocycles. The van der Waals surface area contributed by atoms with Gasteiger partial charge in [0.25, 0.3) is 11.6 Å². The Kier molecular flexibility index (Phi) is 5.72. The number of carbonyl (C=O) groups excluding carboxylic acids is 1. The van der Waals surface area contributed by atoms with Crippen molar-refractivity contribution in [1.82, 2.24) is 10.2 Å². The fraction of sp³-hybridized carbons (Fsp3) is 0.417. The maximum Gasteiger partial charge on any atom is 0.288 e. The highest BCUT2D eigenvalue weighted by Gasteiger charge is 2.21. The first-order valence-electron chi connectivity index (χ1n) is 5.82. The Balaban J connectivity index is 2.88. The second-order valence-electron chi connectivity index (χ2n) is 4.08. The summed E-state index contributed by atoms with van der Waals surface area (Å²) in [6, 6.07) is 4.23. The number of carbonyl (C=O) groups is 1. The Bertz CT molecular complexity index is 479. The van der Waals surface area contributed by atoms with Crippen LogP contribution in [0.2, 0.25) is 5.02 Å². The van der Waals surface area contributed by atoms with E-state index >= 15 is 0 Å². The molecule has 1 amide bonds. The van der Waals surface area contributed by atoms with E-state index in [4.69, 9.17) is 11.6 Å². The van der Waals surface area contributed by atoms with Gasteiger partial charge >= 0.3 is 0 Å². The number of hydrogen-bond donors (Lipinski definition) is 1. The van der Waals surface area contributed by atoms with Gasteiger partial charge in [0.15, 0.2) is 0 Å². The largest absolute Gasteiger partial charge is 0.342 e. The zero-order valence-electron chi connectivity index (χ0n) is 10.9. The van der Waals surface area contributed by atoms with Gasteiger partial charge in [-0.25, -0.2) is 0 Å². The Morgan fingerprint density at radius 1 is 1.53 bits per heavy atom. The van der Waals surface area contributed by atoms with Gasteiger partial charge in [-0.15, -0.1) is 0 Å². The van der Waals surface area contributed by atoms with Gasteiger partial charge in [-0.2, -0.15) is 0 Å². The molecule has 1 aromatic rings. The lowest BCUT2D eigenvalue weighted by atomic mass is 10.1. The molecule has 0 aliphatic carbocycles. The molecular formula is C12H16ClN3O3. The van der Waals surface area contributed by atoms with Crippen molar-refractivity contribution in [2.75, 3.05) is 27.2 Å². The van der Waals surface area contributed by atoms with E-state index in [1.54, 1.807) is 7.05 Å². The zero-order chi connectivity index (χ0) is 14.4. The van der Waals surface area contributed by atoms with Gasteiger partial charge in [0, 0.05) is 19.7 Å². The fourth-order valence-electron chi connectivity index (χ4n) is 1.63. The molecule has 1 rings (SSSR count). The standard InChI is InChI=1S/C12H16ClN3O3/c1-14-7-4-8-15(2)12(17)9-5-3-6-10(11(9)13)16(18)19/h3,5-6,14H,4,7-8H2,1-2H3. The lowest BCUT2D eigenvalue weighted by molar-refractivity contribution is -0.384. The lowest BCUT2D eigenvalue weighted by Crippen LogP contribution is -2.29. The minimum absolute atomic E-state index is 0.113. The number of amides is 1. The quantitative estimate of drug-likeness (QED) is 0.492. The number of nitro benzene ring substituents is 1. The smallest absolute Gasteiger partial charge is 0.288 e. The first-order chi connectivity index (χ1) is 8.99. The Morgan fingerprint density at radius 3 is 2.79 bits per heavy atom. The van der Waals surface area contributed by atoms with Crippen LogP contribution in [-0.4, -0.2) is 42.9 Å². The van der Waals surface area contributed by atoms with Gasteiger partial charge < -0.3 is 10.2 Å². The van der Waals surface area contributed by atoms with E-state index in [-0.39, 0.29) is 22.2 Å². The third-order valence-corrected chi connectivity index (χ3v) is 3.07. The van der Waals surface area contributed by atoms with E-state index in [1.165, 1.54) is 23.1 Å². The first kappa shape index (κ1) is 15.4. The van der Waals surface area contributed by atoms with Crippen LogP contribution in [0.4, 0.5) is 5.69 Å². The van der Waals surface area contributed by atoms with E-state index in [1.807, 2.05) is 7.05 Å². The Morgan fingerprint density at radius 2 is 2.21 bits per heavy atom.